The van der Waals surface area contributed by atoms with Crippen molar-refractivity contribution in [2.45, 2.75) is 19.3 Å². The minimum atomic E-state index is -0.847. The molecule has 2 N–H and O–H groups in total. The van der Waals surface area contributed by atoms with Gasteiger partial charge < -0.3 is 19.8 Å². The minimum Gasteiger partial charge on any atom is -0.481 e. The van der Waals surface area contributed by atoms with Gasteiger partial charge in [-0.15, -0.1) is 0 Å². The topological polar surface area (TPSA) is 87.1 Å². The highest BCUT2D eigenvalue weighted by Crippen LogP contribution is 1.98. The number of carboxylic acids is 2. The van der Waals surface area contributed by atoms with Crippen LogP contribution in [0.15, 0.2) is 0 Å². The van der Waals surface area contributed by atoms with Crippen molar-refractivity contribution in [3.8, 4) is 0 Å². The summed E-state index contributed by atoms with van der Waals surface area (Å²) in [6.45, 7) is 2.16. The third kappa shape index (κ3) is 9.42. The molecule has 6 heteroatoms. The number of aliphatic carboxylic acids is 2. The van der Waals surface area contributed by atoms with Gasteiger partial charge in [0, 0.05) is 26.6 Å². The first-order valence-electron chi connectivity index (χ1n) is 5.21. The quantitative estimate of drug-likeness (QED) is 0.563. The van der Waals surface area contributed by atoms with Gasteiger partial charge in [0.25, 0.3) is 0 Å². The molecule has 0 aliphatic rings. The molecule has 0 rings (SSSR count). The van der Waals surface area contributed by atoms with Gasteiger partial charge in [-0.1, -0.05) is 0 Å². The van der Waals surface area contributed by atoms with Crippen LogP contribution in [-0.4, -0.2) is 60.4 Å². The van der Waals surface area contributed by atoms with Crippen LogP contribution in [0.4, 0.5) is 0 Å². The number of ether oxygens (including phenoxy) is 1. The molecule has 0 aromatic heterocycles. The third-order valence-electron chi connectivity index (χ3n) is 2.12. The fourth-order valence-electron chi connectivity index (χ4n) is 1.26. The highest BCUT2D eigenvalue weighted by atomic mass is 16.5. The summed E-state index contributed by atoms with van der Waals surface area (Å²) in [6, 6.07) is 0. The zero-order valence-corrected chi connectivity index (χ0v) is 9.52. The van der Waals surface area contributed by atoms with Gasteiger partial charge in [0.1, 0.15) is 0 Å². The van der Waals surface area contributed by atoms with Gasteiger partial charge in [-0.05, 0) is 13.0 Å². The number of nitrogens with zero attached hydrogens (tertiary/aromatic N) is 1. The summed E-state index contributed by atoms with van der Waals surface area (Å²) in [5.41, 5.74) is 0. The average Bonchev–Trinajstić information content (AvgIpc) is 2.20. The second-order valence-corrected chi connectivity index (χ2v) is 3.48. The van der Waals surface area contributed by atoms with Gasteiger partial charge >= 0.3 is 11.9 Å². The molecule has 0 aliphatic carbocycles. The molecule has 0 aromatic carbocycles. The number of rotatable bonds is 10. The first-order chi connectivity index (χ1) is 7.56. The van der Waals surface area contributed by atoms with Crippen molar-refractivity contribution < 1.29 is 24.5 Å². The Hall–Kier alpha value is -1.14. The minimum absolute atomic E-state index is 0.0663. The Balaban J connectivity index is 3.79. The van der Waals surface area contributed by atoms with Gasteiger partial charge in [0.2, 0.25) is 0 Å². The first kappa shape index (κ1) is 14.9. The summed E-state index contributed by atoms with van der Waals surface area (Å²) in [4.78, 5) is 22.6. The molecule has 16 heavy (non-hydrogen) atoms. The molecule has 0 aliphatic heterocycles. The lowest BCUT2D eigenvalue weighted by molar-refractivity contribution is -0.138. The lowest BCUT2D eigenvalue weighted by Crippen LogP contribution is -2.31. The average molecular weight is 233 g/mol. The van der Waals surface area contributed by atoms with Crippen LogP contribution in [0.25, 0.3) is 0 Å². The van der Waals surface area contributed by atoms with E-state index in [0.29, 0.717) is 32.7 Å². The Morgan fingerprint density at radius 3 is 2.19 bits per heavy atom. The molecule has 0 bridgehead atoms. The number of hydrogen-bond acceptors (Lipinski definition) is 4. The number of carboxylic acid groups (broad SMARTS) is 2. The van der Waals surface area contributed by atoms with Crippen LogP contribution >= 0.6 is 0 Å². The molecule has 6 nitrogen and oxygen atoms in total. The number of hydrogen-bond donors (Lipinski definition) is 2. The van der Waals surface area contributed by atoms with Gasteiger partial charge in [-0.25, -0.2) is 0 Å². The molecule has 0 heterocycles. The fraction of sp³-hybridized carbons (Fsp3) is 0.800. The molecule has 0 aromatic rings. The molecule has 94 valence electrons. The summed E-state index contributed by atoms with van der Waals surface area (Å²) in [5, 5.41) is 17.0. The van der Waals surface area contributed by atoms with E-state index in [4.69, 9.17) is 14.9 Å². The van der Waals surface area contributed by atoms with E-state index in [-0.39, 0.29) is 12.8 Å². The van der Waals surface area contributed by atoms with Crippen molar-refractivity contribution in [1.29, 1.82) is 0 Å². The van der Waals surface area contributed by atoms with E-state index in [1.807, 2.05) is 4.90 Å². The SMILES string of the molecule is COCCN(CCCC(=O)O)CCC(=O)O. The van der Waals surface area contributed by atoms with Crippen LogP contribution in [0.3, 0.4) is 0 Å². The Bertz CT molecular complexity index is 219. The lowest BCUT2D eigenvalue weighted by atomic mass is 10.2. The summed E-state index contributed by atoms with van der Waals surface area (Å²) in [5.74, 6) is -1.68. The van der Waals surface area contributed by atoms with Gasteiger partial charge in [0.05, 0.1) is 13.0 Å². The van der Waals surface area contributed by atoms with Crippen molar-refractivity contribution in [1.82, 2.24) is 4.90 Å². The number of carbonyl (C=O) groups is 2. The van der Waals surface area contributed by atoms with E-state index in [1.165, 1.54) is 0 Å². The summed E-state index contributed by atoms with van der Waals surface area (Å²) < 4.78 is 4.90. The van der Waals surface area contributed by atoms with E-state index in [2.05, 4.69) is 0 Å². The van der Waals surface area contributed by atoms with Gasteiger partial charge in [-0.2, -0.15) is 0 Å². The molecular weight excluding hydrogens is 214 g/mol. The molecular formula is C10H19NO5. The zero-order valence-electron chi connectivity index (χ0n) is 9.52. The number of methoxy groups -OCH3 is 1. The van der Waals surface area contributed by atoms with Gasteiger partial charge in [-0.3, -0.25) is 9.59 Å². The van der Waals surface area contributed by atoms with Crippen LogP contribution in [0.1, 0.15) is 19.3 Å². The van der Waals surface area contributed by atoms with Crippen LogP contribution in [0.5, 0.6) is 0 Å². The Kier molecular flexibility index (Phi) is 8.46. The third-order valence-corrected chi connectivity index (χ3v) is 2.12. The van der Waals surface area contributed by atoms with E-state index in [9.17, 15) is 9.59 Å². The summed E-state index contributed by atoms with van der Waals surface area (Å²) in [6.07, 6.45) is 0.700. The smallest absolute Gasteiger partial charge is 0.304 e. The molecule has 0 saturated heterocycles. The second kappa shape index (κ2) is 9.11. The molecule has 0 amide bonds. The Morgan fingerprint density at radius 1 is 1.06 bits per heavy atom. The molecule has 0 unspecified atom stereocenters. The normalized spacial score (nSPS) is 10.6. The zero-order chi connectivity index (χ0) is 12.4. The standard InChI is InChI=1S/C10H19NO5/c1-16-8-7-11(6-4-10(14)15)5-2-3-9(12)13/h2-8H2,1H3,(H,12,13)(H,14,15). The van der Waals surface area contributed by atoms with E-state index in [1.54, 1.807) is 7.11 Å². The molecule has 0 radical (unpaired) electrons. The Labute approximate surface area is 94.8 Å². The Morgan fingerprint density at radius 2 is 1.69 bits per heavy atom. The predicted molar refractivity (Wildman–Crippen MR) is 57.4 cm³/mol. The predicted octanol–water partition coefficient (Wildman–Crippen LogP) is 0.274. The largest absolute Gasteiger partial charge is 0.481 e. The maximum atomic E-state index is 10.4. The van der Waals surface area contributed by atoms with Crippen molar-refractivity contribution in [3.63, 3.8) is 0 Å². The second-order valence-electron chi connectivity index (χ2n) is 3.48. The van der Waals surface area contributed by atoms with Crippen molar-refractivity contribution >= 4 is 11.9 Å². The highest BCUT2D eigenvalue weighted by molar-refractivity contribution is 5.67. The van der Waals surface area contributed by atoms with Gasteiger partial charge in [0.15, 0.2) is 0 Å². The van der Waals surface area contributed by atoms with E-state index < -0.39 is 11.9 Å². The van der Waals surface area contributed by atoms with Crippen LogP contribution < -0.4 is 0 Å². The molecule has 0 atom stereocenters. The fourth-order valence-corrected chi connectivity index (χ4v) is 1.26. The van der Waals surface area contributed by atoms with Crippen molar-refractivity contribution in [2.75, 3.05) is 33.4 Å². The van der Waals surface area contributed by atoms with Crippen LogP contribution in [0, 0.1) is 0 Å². The molecule has 0 saturated carbocycles. The van der Waals surface area contributed by atoms with Crippen LogP contribution in [0.2, 0.25) is 0 Å². The van der Waals surface area contributed by atoms with Crippen LogP contribution in [-0.2, 0) is 14.3 Å². The van der Waals surface area contributed by atoms with Crippen molar-refractivity contribution in [2.24, 2.45) is 0 Å². The summed E-state index contributed by atoms with van der Waals surface area (Å²) >= 11 is 0. The van der Waals surface area contributed by atoms with E-state index in [0.717, 1.165) is 0 Å². The lowest BCUT2D eigenvalue weighted by Gasteiger charge is -2.20. The maximum absolute atomic E-state index is 10.4. The monoisotopic (exact) mass is 233 g/mol. The molecule has 0 fully saturated rings. The highest BCUT2D eigenvalue weighted by Gasteiger charge is 2.08. The first-order valence-corrected chi connectivity index (χ1v) is 5.21. The maximum Gasteiger partial charge on any atom is 0.304 e. The summed E-state index contributed by atoms with van der Waals surface area (Å²) in [7, 11) is 1.58. The van der Waals surface area contributed by atoms with Crippen molar-refractivity contribution in [3.05, 3.63) is 0 Å². The van der Waals surface area contributed by atoms with E-state index >= 15 is 0 Å². The molecule has 0 spiro atoms.